The molecule has 1 unspecified atom stereocenters. The van der Waals surface area contributed by atoms with Gasteiger partial charge in [0.2, 0.25) is 11.8 Å². The molecule has 2 aromatic carbocycles. The molecule has 3 N–H and O–H groups in total. The maximum absolute atomic E-state index is 12.9. The van der Waals surface area contributed by atoms with Gasteiger partial charge < -0.3 is 10.6 Å². The van der Waals surface area contributed by atoms with E-state index < -0.39 is 6.04 Å². The number of nitrogens with zero attached hydrogens (tertiary/aromatic N) is 2. The van der Waals surface area contributed by atoms with Gasteiger partial charge in [-0.25, -0.2) is 0 Å². The number of nitrogens with one attached hydrogen (secondary N) is 3. The topological polar surface area (TPSA) is 91.8 Å². The van der Waals surface area contributed by atoms with E-state index in [-0.39, 0.29) is 24.4 Å². The summed E-state index contributed by atoms with van der Waals surface area (Å²) in [6, 6.07) is 17.1. The molecular formula is C23H25N5O2S. The number of rotatable bonds is 8. The van der Waals surface area contributed by atoms with E-state index in [0.29, 0.717) is 17.0 Å². The Morgan fingerprint density at radius 3 is 2.68 bits per heavy atom. The normalized spacial score (nSPS) is 14.1. The molecule has 1 aromatic heterocycles. The van der Waals surface area contributed by atoms with Crippen LogP contribution in [0.4, 0.5) is 0 Å². The standard InChI is InChI=1S/C23H25N5O2S/c1-15-6-5-9-17(12-15)21-26-27-23(31)28(21)14-20(29)25-19(22(30)24-18-10-11-18)13-16-7-3-2-4-8-16/h2-9,12,18-19H,10-11,13-14H2,1H3,(H,24,30)(H,25,29)(H,27,31). The Balaban J connectivity index is 1.51. The minimum absolute atomic E-state index is 0.0272. The molecule has 1 heterocycles. The zero-order valence-electron chi connectivity index (χ0n) is 17.3. The fourth-order valence-electron chi connectivity index (χ4n) is 3.44. The molecule has 1 aliphatic carbocycles. The van der Waals surface area contributed by atoms with E-state index in [0.717, 1.165) is 29.5 Å². The highest BCUT2D eigenvalue weighted by Gasteiger charge is 2.28. The Morgan fingerprint density at radius 1 is 1.19 bits per heavy atom. The molecule has 1 saturated carbocycles. The van der Waals surface area contributed by atoms with Gasteiger partial charge in [0, 0.05) is 18.0 Å². The first-order valence-electron chi connectivity index (χ1n) is 10.4. The third kappa shape index (κ3) is 5.46. The first-order valence-corrected chi connectivity index (χ1v) is 10.8. The summed E-state index contributed by atoms with van der Waals surface area (Å²) in [5, 5.41) is 13.0. The van der Waals surface area contributed by atoms with E-state index in [1.54, 1.807) is 4.57 Å². The van der Waals surface area contributed by atoms with Crippen molar-refractivity contribution in [2.45, 2.75) is 44.8 Å². The van der Waals surface area contributed by atoms with Crippen LogP contribution in [-0.4, -0.2) is 38.7 Å². The Bertz CT molecular complexity index is 1130. The zero-order chi connectivity index (χ0) is 21.8. The number of carbonyl (C=O) groups is 2. The molecule has 0 aliphatic heterocycles. The van der Waals surface area contributed by atoms with Gasteiger partial charge in [-0.15, -0.1) is 0 Å². The Morgan fingerprint density at radius 2 is 1.97 bits per heavy atom. The van der Waals surface area contributed by atoms with Crippen LogP contribution in [0.3, 0.4) is 0 Å². The predicted octanol–water partition coefficient (Wildman–Crippen LogP) is 2.92. The minimum atomic E-state index is -0.654. The molecule has 0 saturated heterocycles. The van der Waals surface area contributed by atoms with Crippen molar-refractivity contribution in [3.05, 3.63) is 70.5 Å². The summed E-state index contributed by atoms with van der Waals surface area (Å²) in [4.78, 5) is 25.7. The summed E-state index contributed by atoms with van der Waals surface area (Å²) in [5.41, 5.74) is 2.94. The number of aromatic nitrogens is 3. The number of amides is 2. The molecule has 3 aromatic rings. The number of hydrogen-bond acceptors (Lipinski definition) is 4. The van der Waals surface area contributed by atoms with Crippen LogP contribution in [0, 0.1) is 11.7 Å². The second kappa shape index (κ2) is 9.26. The van der Waals surface area contributed by atoms with Crippen LogP contribution < -0.4 is 10.6 Å². The highest BCUT2D eigenvalue weighted by molar-refractivity contribution is 7.71. The molecule has 0 bridgehead atoms. The first kappa shape index (κ1) is 21.0. The van der Waals surface area contributed by atoms with Crippen molar-refractivity contribution < 1.29 is 9.59 Å². The van der Waals surface area contributed by atoms with Gasteiger partial charge >= 0.3 is 0 Å². The van der Waals surface area contributed by atoms with Gasteiger partial charge in [0.25, 0.3) is 0 Å². The summed E-state index contributed by atoms with van der Waals surface area (Å²) >= 11 is 5.35. The van der Waals surface area contributed by atoms with Crippen LogP contribution >= 0.6 is 12.2 Å². The molecule has 1 atom stereocenters. The van der Waals surface area contributed by atoms with Gasteiger partial charge in [-0.2, -0.15) is 5.10 Å². The van der Waals surface area contributed by atoms with E-state index in [4.69, 9.17) is 12.2 Å². The Labute approximate surface area is 185 Å². The SMILES string of the molecule is Cc1cccc(-c2n[nH]c(=S)n2CC(=O)NC(Cc2ccccc2)C(=O)NC2CC2)c1. The zero-order valence-corrected chi connectivity index (χ0v) is 18.1. The van der Waals surface area contributed by atoms with Gasteiger partial charge in [-0.05, 0) is 43.6 Å². The van der Waals surface area contributed by atoms with Crippen molar-refractivity contribution in [3.8, 4) is 11.4 Å². The molecule has 31 heavy (non-hydrogen) atoms. The first-order chi connectivity index (χ1) is 15.0. The lowest BCUT2D eigenvalue weighted by atomic mass is 10.1. The molecular weight excluding hydrogens is 410 g/mol. The van der Waals surface area contributed by atoms with Crippen LogP contribution in [0.15, 0.2) is 54.6 Å². The average Bonchev–Trinajstić information content (AvgIpc) is 3.50. The predicted molar refractivity (Wildman–Crippen MR) is 121 cm³/mol. The lowest BCUT2D eigenvalue weighted by Gasteiger charge is -2.19. The fraction of sp³-hybridized carbons (Fsp3) is 0.304. The summed E-state index contributed by atoms with van der Waals surface area (Å²) in [6.45, 7) is 1.97. The highest BCUT2D eigenvalue weighted by Crippen LogP contribution is 2.20. The number of aromatic amines is 1. The summed E-state index contributed by atoms with van der Waals surface area (Å²) < 4.78 is 2.01. The largest absolute Gasteiger partial charge is 0.352 e. The maximum atomic E-state index is 12.9. The van der Waals surface area contributed by atoms with E-state index in [1.807, 2.05) is 61.5 Å². The monoisotopic (exact) mass is 435 g/mol. The van der Waals surface area contributed by atoms with Gasteiger partial charge in [-0.1, -0.05) is 54.1 Å². The van der Waals surface area contributed by atoms with Gasteiger partial charge in [-0.3, -0.25) is 19.3 Å². The van der Waals surface area contributed by atoms with Crippen molar-refractivity contribution in [2.24, 2.45) is 0 Å². The van der Waals surface area contributed by atoms with Crippen LogP contribution in [0.1, 0.15) is 24.0 Å². The fourth-order valence-corrected chi connectivity index (χ4v) is 3.64. The van der Waals surface area contributed by atoms with Crippen LogP contribution in [0.5, 0.6) is 0 Å². The molecule has 4 rings (SSSR count). The molecule has 1 aliphatic rings. The minimum Gasteiger partial charge on any atom is -0.352 e. The maximum Gasteiger partial charge on any atom is 0.243 e. The Kier molecular flexibility index (Phi) is 6.27. The van der Waals surface area contributed by atoms with E-state index in [2.05, 4.69) is 20.8 Å². The summed E-state index contributed by atoms with van der Waals surface area (Å²) in [5.74, 6) is 0.138. The van der Waals surface area contributed by atoms with Crippen LogP contribution in [-0.2, 0) is 22.6 Å². The second-order valence-corrected chi connectivity index (χ2v) is 8.29. The second-order valence-electron chi connectivity index (χ2n) is 7.90. The molecule has 0 spiro atoms. The summed E-state index contributed by atoms with van der Waals surface area (Å²) in [7, 11) is 0. The van der Waals surface area contributed by atoms with E-state index >= 15 is 0 Å². The van der Waals surface area contributed by atoms with Gasteiger partial charge in [0.1, 0.15) is 12.6 Å². The van der Waals surface area contributed by atoms with Crippen LogP contribution in [0.2, 0.25) is 0 Å². The molecule has 0 radical (unpaired) electrons. The van der Waals surface area contributed by atoms with E-state index in [9.17, 15) is 9.59 Å². The van der Waals surface area contributed by atoms with Crippen molar-refractivity contribution >= 4 is 24.0 Å². The molecule has 8 heteroatoms. The van der Waals surface area contributed by atoms with Crippen molar-refractivity contribution in [2.75, 3.05) is 0 Å². The highest BCUT2D eigenvalue weighted by atomic mass is 32.1. The third-order valence-electron chi connectivity index (χ3n) is 5.19. The number of benzene rings is 2. The summed E-state index contributed by atoms with van der Waals surface area (Å²) in [6.07, 6.45) is 2.40. The van der Waals surface area contributed by atoms with Crippen molar-refractivity contribution in [1.82, 2.24) is 25.4 Å². The Hall–Kier alpha value is -3.26. The van der Waals surface area contributed by atoms with E-state index in [1.165, 1.54) is 0 Å². The van der Waals surface area contributed by atoms with Crippen molar-refractivity contribution in [3.63, 3.8) is 0 Å². The number of carbonyl (C=O) groups excluding carboxylic acids is 2. The molecule has 7 nitrogen and oxygen atoms in total. The lowest BCUT2D eigenvalue weighted by molar-refractivity contribution is -0.129. The van der Waals surface area contributed by atoms with Gasteiger partial charge in [0.15, 0.2) is 10.6 Å². The molecule has 160 valence electrons. The van der Waals surface area contributed by atoms with Crippen molar-refractivity contribution in [1.29, 1.82) is 0 Å². The van der Waals surface area contributed by atoms with Gasteiger partial charge in [0.05, 0.1) is 0 Å². The quantitative estimate of drug-likeness (QED) is 0.475. The number of aryl methyl sites for hydroxylation is 1. The molecule has 2 amide bonds. The average molecular weight is 436 g/mol. The third-order valence-corrected chi connectivity index (χ3v) is 5.51. The van der Waals surface area contributed by atoms with Crippen LogP contribution in [0.25, 0.3) is 11.4 Å². The molecule has 1 fully saturated rings. The smallest absolute Gasteiger partial charge is 0.243 e. The lowest BCUT2D eigenvalue weighted by Crippen LogP contribution is -2.49. The number of hydrogen-bond donors (Lipinski definition) is 3. The number of H-pyrrole nitrogens is 1.